The van der Waals surface area contributed by atoms with Gasteiger partial charge in [0.15, 0.2) is 5.82 Å². The van der Waals surface area contributed by atoms with Gasteiger partial charge >= 0.3 is 0 Å². The second-order valence-corrected chi connectivity index (χ2v) is 2.98. The Balaban J connectivity index is 2.44. The van der Waals surface area contributed by atoms with Crippen LogP contribution in [0.5, 0.6) is 0 Å². The van der Waals surface area contributed by atoms with Gasteiger partial charge in [0.1, 0.15) is 0 Å². The van der Waals surface area contributed by atoms with Crippen LogP contribution in [0.3, 0.4) is 0 Å². The van der Waals surface area contributed by atoms with Crippen LogP contribution in [0.25, 0.3) is 0 Å². The lowest BCUT2D eigenvalue weighted by Crippen LogP contribution is -2.25. The molecule has 13 heavy (non-hydrogen) atoms. The summed E-state index contributed by atoms with van der Waals surface area (Å²) in [6.07, 6.45) is 0.810. The smallest absolute Gasteiger partial charge is 0.240 e. The standard InChI is InChI=1S/C8H16N4O/c1-3-7-10-8(13-11-7)6-12(2)5-4-9/h3-6,9H2,1-2H3. The van der Waals surface area contributed by atoms with E-state index in [1.54, 1.807) is 0 Å². The van der Waals surface area contributed by atoms with Crippen molar-refractivity contribution in [2.75, 3.05) is 20.1 Å². The quantitative estimate of drug-likeness (QED) is 0.698. The summed E-state index contributed by atoms with van der Waals surface area (Å²) in [5, 5.41) is 3.80. The number of likely N-dealkylation sites (N-methyl/N-ethyl adjacent to an activating group) is 1. The van der Waals surface area contributed by atoms with Gasteiger partial charge in [0, 0.05) is 19.5 Å². The van der Waals surface area contributed by atoms with E-state index in [9.17, 15) is 0 Å². The van der Waals surface area contributed by atoms with Crippen LogP contribution < -0.4 is 5.73 Å². The van der Waals surface area contributed by atoms with Gasteiger partial charge in [-0.1, -0.05) is 12.1 Å². The summed E-state index contributed by atoms with van der Waals surface area (Å²) < 4.78 is 5.03. The summed E-state index contributed by atoms with van der Waals surface area (Å²) in [5.74, 6) is 1.42. The molecule has 5 nitrogen and oxygen atoms in total. The number of rotatable bonds is 5. The summed E-state index contributed by atoms with van der Waals surface area (Å²) >= 11 is 0. The predicted octanol–water partition coefficient (Wildman–Crippen LogP) is 0.0225. The van der Waals surface area contributed by atoms with Crippen molar-refractivity contribution < 1.29 is 4.52 Å². The van der Waals surface area contributed by atoms with E-state index in [0.717, 1.165) is 18.8 Å². The Morgan fingerprint density at radius 3 is 2.85 bits per heavy atom. The lowest BCUT2D eigenvalue weighted by Gasteiger charge is -2.11. The molecule has 1 heterocycles. The fourth-order valence-corrected chi connectivity index (χ4v) is 1.03. The Hall–Kier alpha value is -0.940. The summed E-state index contributed by atoms with van der Waals surface area (Å²) in [7, 11) is 1.97. The van der Waals surface area contributed by atoms with E-state index >= 15 is 0 Å². The highest BCUT2D eigenvalue weighted by atomic mass is 16.5. The number of hydrogen-bond acceptors (Lipinski definition) is 5. The number of hydrogen-bond donors (Lipinski definition) is 1. The maximum atomic E-state index is 5.41. The predicted molar refractivity (Wildman–Crippen MR) is 49.1 cm³/mol. The van der Waals surface area contributed by atoms with Gasteiger partial charge in [-0.3, -0.25) is 4.90 Å². The molecule has 0 saturated carbocycles. The molecule has 1 rings (SSSR count). The van der Waals surface area contributed by atoms with E-state index in [0.29, 0.717) is 19.0 Å². The first-order chi connectivity index (χ1) is 6.26. The van der Waals surface area contributed by atoms with Crippen molar-refractivity contribution in [2.24, 2.45) is 5.73 Å². The van der Waals surface area contributed by atoms with Crippen LogP contribution >= 0.6 is 0 Å². The zero-order valence-corrected chi connectivity index (χ0v) is 8.16. The van der Waals surface area contributed by atoms with Crippen LogP contribution in [-0.2, 0) is 13.0 Å². The van der Waals surface area contributed by atoms with E-state index in [4.69, 9.17) is 10.3 Å². The minimum atomic E-state index is 0.644. The zero-order valence-electron chi connectivity index (χ0n) is 8.16. The minimum absolute atomic E-state index is 0.644. The molecule has 0 aliphatic rings. The van der Waals surface area contributed by atoms with E-state index < -0.39 is 0 Å². The van der Waals surface area contributed by atoms with Gasteiger partial charge in [-0.2, -0.15) is 4.98 Å². The van der Waals surface area contributed by atoms with Gasteiger partial charge in [0.25, 0.3) is 0 Å². The molecule has 0 aliphatic heterocycles. The van der Waals surface area contributed by atoms with E-state index in [1.165, 1.54) is 0 Å². The maximum absolute atomic E-state index is 5.41. The van der Waals surface area contributed by atoms with Crippen molar-refractivity contribution in [3.63, 3.8) is 0 Å². The Morgan fingerprint density at radius 1 is 1.54 bits per heavy atom. The first-order valence-corrected chi connectivity index (χ1v) is 4.46. The SMILES string of the molecule is CCc1noc(CN(C)CCN)n1. The van der Waals surface area contributed by atoms with Crippen molar-refractivity contribution in [2.45, 2.75) is 19.9 Å². The first kappa shape index (κ1) is 10.1. The third kappa shape index (κ3) is 3.12. The molecule has 0 radical (unpaired) electrons. The Labute approximate surface area is 77.9 Å². The third-order valence-corrected chi connectivity index (χ3v) is 1.74. The van der Waals surface area contributed by atoms with Gasteiger partial charge in [0.2, 0.25) is 5.89 Å². The largest absolute Gasteiger partial charge is 0.338 e. The minimum Gasteiger partial charge on any atom is -0.338 e. The molecule has 1 aromatic heterocycles. The Kier molecular flexibility index (Phi) is 3.85. The lowest BCUT2D eigenvalue weighted by atomic mass is 10.4. The molecule has 0 amide bonds. The number of nitrogens with zero attached hydrogens (tertiary/aromatic N) is 3. The summed E-state index contributed by atoms with van der Waals surface area (Å²) in [5.41, 5.74) is 5.41. The van der Waals surface area contributed by atoms with Crippen molar-refractivity contribution in [1.29, 1.82) is 0 Å². The van der Waals surface area contributed by atoms with Gasteiger partial charge in [-0.25, -0.2) is 0 Å². The summed E-state index contributed by atoms with van der Waals surface area (Å²) in [4.78, 5) is 6.24. The monoisotopic (exact) mass is 184 g/mol. The number of aromatic nitrogens is 2. The van der Waals surface area contributed by atoms with Gasteiger partial charge in [0.05, 0.1) is 6.54 Å². The summed E-state index contributed by atoms with van der Waals surface area (Å²) in [6.45, 7) is 4.15. The second-order valence-electron chi connectivity index (χ2n) is 2.98. The van der Waals surface area contributed by atoms with Crippen molar-refractivity contribution in [3.8, 4) is 0 Å². The third-order valence-electron chi connectivity index (χ3n) is 1.74. The molecule has 0 bridgehead atoms. The highest BCUT2D eigenvalue weighted by Crippen LogP contribution is 2.00. The van der Waals surface area contributed by atoms with Crippen LogP contribution in [-0.4, -0.2) is 35.2 Å². The molecular formula is C8H16N4O. The second kappa shape index (κ2) is 4.94. The van der Waals surface area contributed by atoms with Crippen LogP contribution in [0.2, 0.25) is 0 Å². The van der Waals surface area contributed by atoms with Crippen molar-refractivity contribution in [3.05, 3.63) is 11.7 Å². The Morgan fingerprint density at radius 2 is 2.31 bits per heavy atom. The number of nitrogens with two attached hydrogens (primary N) is 1. The van der Waals surface area contributed by atoms with Gasteiger partial charge in [-0.05, 0) is 7.05 Å². The Bertz CT molecular complexity index is 248. The molecule has 0 aromatic carbocycles. The van der Waals surface area contributed by atoms with Gasteiger partial charge in [-0.15, -0.1) is 0 Å². The zero-order chi connectivity index (χ0) is 9.68. The van der Waals surface area contributed by atoms with Crippen LogP contribution in [0, 0.1) is 0 Å². The lowest BCUT2D eigenvalue weighted by molar-refractivity contribution is 0.271. The molecule has 0 aliphatic carbocycles. The summed E-state index contributed by atoms with van der Waals surface area (Å²) in [6, 6.07) is 0. The molecule has 74 valence electrons. The number of aryl methyl sites for hydroxylation is 1. The van der Waals surface area contributed by atoms with E-state index in [2.05, 4.69) is 10.1 Å². The van der Waals surface area contributed by atoms with Crippen LogP contribution in [0.4, 0.5) is 0 Å². The fourth-order valence-electron chi connectivity index (χ4n) is 1.03. The topological polar surface area (TPSA) is 68.2 Å². The molecule has 0 spiro atoms. The molecule has 1 aromatic rings. The van der Waals surface area contributed by atoms with Crippen LogP contribution in [0.15, 0.2) is 4.52 Å². The molecule has 0 saturated heterocycles. The van der Waals surface area contributed by atoms with Crippen LogP contribution in [0.1, 0.15) is 18.6 Å². The maximum Gasteiger partial charge on any atom is 0.240 e. The molecule has 2 N–H and O–H groups in total. The van der Waals surface area contributed by atoms with E-state index in [-0.39, 0.29) is 0 Å². The van der Waals surface area contributed by atoms with E-state index in [1.807, 2.05) is 18.9 Å². The van der Waals surface area contributed by atoms with Crippen molar-refractivity contribution >= 4 is 0 Å². The first-order valence-electron chi connectivity index (χ1n) is 4.46. The van der Waals surface area contributed by atoms with Crippen molar-refractivity contribution in [1.82, 2.24) is 15.0 Å². The average molecular weight is 184 g/mol. The highest BCUT2D eigenvalue weighted by Gasteiger charge is 2.06. The molecule has 5 heteroatoms. The molecular weight excluding hydrogens is 168 g/mol. The normalized spacial score (nSPS) is 11.1. The van der Waals surface area contributed by atoms with Gasteiger partial charge < -0.3 is 10.3 Å². The fraction of sp³-hybridized carbons (Fsp3) is 0.750. The average Bonchev–Trinajstić information content (AvgIpc) is 2.52. The molecule has 0 fully saturated rings. The molecule has 0 atom stereocenters. The highest BCUT2D eigenvalue weighted by molar-refractivity contribution is 4.85. The molecule has 0 unspecified atom stereocenters.